The molecule has 0 bridgehead atoms. The monoisotopic (exact) mass is 268 g/mol. The van der Waals surface area contributed by atoms with Crippen molar-refractivity contribution in [3.63, 3.8) is 0 Å². The van der Waals surface area contributed by atoms with Crippen LogP contribution >= 0.6 is 0 Å². The van der Waals surface area contributed by atoms with Crippen LogP contribution in [0.25, 0.3) is 0 Å². The lowest BCUT2D eigenvalue weighted by molar-refractivity contribution is -0.384. The van der Waals surface area contributed by atoms with Gasteiger partial charge in [0.05, 0.1) is 23.7 Å². The van der Waals surface area contributed by atoms with E-state index in [2.05, 4.69) is 4.98 Å². The largest absolute Gasteiger partial charge is 0.394 e. The van der Waals surface area contributed by atoms with Crippen molar-refractivity contribution in [1.29, 1.82) is 0 Å². The molecule has 2 unspecified atom stereocenters. The molecule has 8 heteroatoms. The first-order valence-corrected chi connectivity index (χ1v) is 5.93. The standard InChI is InChI=1S/C11H16N4O4/c1-7-4-14(5-8(6-16)19-7)10-3-2-9(15(17)18)11(12)13-10/h2-3,7-8,16H,4-6H2,1H3,(H2,12,13). The number of aromatic nitrogens is 1. The molecule has 3 N–H and O–H groups in total. The fourth-order valence-corrected chi connectivity index (χ4v) is 2.12. The molecule has 1 fully saturated rings. The third kappa shape index (κ3) is 2.91. The minimum absolute atomic E-state index is 0.0517. The zero-order valence-electron chi connectivity index (χ0n) is 10.5. The van der Waals surface area contributed by atoms with Crippen molar-refractivity contribution in [2.24, 2.45) is 0 Å². The van der Waals surface area contributed by atoms with E-state index in [1.165, 1.54) is 6.07 Å². The Morgan fingerprint density at radius 2 is 2.37 bits per heavy atom. The van der Waals surface area contributed by atoms with Gasteiger partial charge in [-0.1, -0.05) is 0 Å². The van der Waals surface area contributed by atoms with E-state index in [9.17, 15) is 10.1 Å². The third-order valence-corrected chi connectivity index (χ3v) is 2.94. The molecule has 0 spiro atoms. The Kier molecular flexibility index (Phi) is 3.82. The number of nitro groups is 1. The van der Waals surface area contributed by atoms with Gasteiger partial charge < -0.3 is 20.5 Å². The molecular weight excluding hydrogens is 252 g/mol. The van der Waals surface area contributed by atoms with Crippen molar-refractivity contribution in [1.82, 2.24) is 4.98 Å². The molecule has 8 nitrogen and oxygen atoms in total. The summed E-state index contributed by atoms with van der Waals surface area (Å²) in [6, 6.07) is 2.90. The van der Waals surface area contributed by atoms with Crippen LogP contribution in [0.5, 0.6) is 0 Å². The topological polar surface area (TPSA) is 115 Å². The Balaban J connectivity index is 2.21. The van der Waals surface area contributed by atoms with Crippen LogP contribution in [-0.2, 0) is 4.74 Å². The minimum atomic E-state index is -0.565. The first-order valence-electron chi connectivity index (χ1n) is 5.93. The molecule has 104 valence electrons. The maximum Gasteiger partial charge on any atom is 0.311 e. The smallest absolute Gasteiger partial charge is 0.311 e. The predicted molar refractivity (Wildman–Crippen MR) is 68.9 cm³/mol. The molecule has 0 amide bonds. The van der Waals surface area contributed by atoms with Crippen LogP contribution in [0.3, 0.4) is 0 Å². The van der Waals surface area contributed by atoms with E-state index in [0.29, 0.717) is 18.9 Å². The molecule has 0 aliphatic carbocycles. The summed E-state index contributed by atoms with van der Waals surface area (Å²) in [6.45, 7) is 2.89. The third-order valence-electron chi connectivity index (χ3n) is 2.94. The average molecular weight is 268 g/mol. The molecule has 19 heavy (non-hydrogen) atoms. The van der Waals surface area contributed by atoms with E-state index in [-0.39, 0.29) is 30.3 Å². The zero-order chi connectivity index (χ0) is 14.0. The summed E-state index contributed by atoms with van der Waals surface area (Å²) < 4.78 is 5.52. The molecular formula is C11H16N4O4. The number of nitrogens with two attached hydrogens (primary N) is 1. The number of pyridine rings is 1. The highest BCUT2D eigenvalue weighted by Crippen LogP contribution is 2.25. The molecule has 1 aromatic rings. The molecule has 0 saturated carbocycles. The molecule has 0 aromatic carbocycles. The minimum Gasteiger partial charge on any atom is -0.394 e. The van der Waals surface area contributed by atoms with E-state index in [0.717, 1.165) is 0 Å². The van der Waals surface area contributed by atoms with Crippen LogP contribution in [-0.4, -0.2) is 46.9 Å². The number of nitrogen functional groups attached to an aromatic ring is 1. The Bertz CT molecular complexity index is 482. The van der Waals surface area contributed by atoms with Gasteiger partial charge >= 0.3 is 5.69 Å². The predicted octanol–water partition coefficient (Wildman–Crippen LogP) is 0.158. The van der Waals surface area contributed by atoms with Gasteiger partial charge in [-0.25, -0.2) is 4.98 Å². The van der Waals surface area contributed by atoms with Crippen molar-refractivity contribution in [3.05, 3.63) is 22.2 Å². The Morgan fingerprint density at radius 3 is 2.95 bits per heavy atom. The van der Waals surface area contributed by atoms with Crippen molar-refractivity contribution in [2.45, 2.75) is 19.1 Å². The molecule has 1 aliphatic heterocycles. The summed E-state index contributed by atoms with van der Waals surface area (Å²) in [5.74, 6) is 0.443. The van der Waals surface area contributed by atoms with E-state index in [1.54, 1.807) is 6.07 Å². The van der Waals surface area contributed by atoms with Crippen LogP contribution in [0.1, 0.15) is 6.92 Å². The Hall–Kier alpha value is -1.93. The SMILES string of the molecule is CC1CN(c2ccc([N+](=O)[O-])c(N)n2)CC(CO)O1. The van der Waals surface area contributed by atoms with Gasteiger partial charge in [-0.3, -0.25) is 10.1 Å². The summed E-state index contributed by atoms with van der Waals surface area (Å²) in [5, 5.41) is 19.8. The second-order valence-corrected chi connectivity index (χ2v) is 4.49. The molecule has 1 saturated heterocycles. The van der Waals surface area contributed by atoms with E-state index in [4.69, 9.17) is 15.6 Å². The summed E-state index contributed by atoms with van der Waals surface area (Å²) in [5.41, 5.74) is 5.37. The van der Waals surface area contributed by atoms with Gasteiger partial charge in [0.2, 0.25) is 5.82 Å². The Labute approximate surface area is 109 Å². The van der Waals surface area contributed by atoms with Crippen LogP contribution in [0.15, 0.2) is 12.1 Å². The molecule has 1 aliphatic rings. The summed E-state index contributed by atoms with van der Waals surface area (Å²) in [7, 11) is 0. The van der Waals surface area contributed by atoms with Gasteiger partial charge in [0.25, 0.3) is 0 Å². The highest BCUT2D eigenvalue weighted by molar-refractivity contribution is 5.58. The van der Waals surface area contributed by atoms with Crippen molar-refractivity contribution < 1.29 is 14.8 Å². The number of anilines is 2. The van der Waals surface area contributed by atoms with Gasteiger partial charge in [0.15, 0.2) is 0 Å². The second kappa shape index (κ2) is 5.37. The number of rotatable bonds is 3. The second-order valence-electron chi connectivity index (χ2n) is 4.49. The van der Waals surface area contributed by atoms with Crippen LogP contribution in [0, 0.1) is 10.1 Å². The lowest BCUT2D eigenvalue weighted by Crippen LogP contribution is -2.48. The fraction of sp³-hybridized carbons (Fsp3) is 0.545. The fourth-order valence-electron chi connectivity index (χ4n) is 2.12. The molecule has 2 atom stereocenters. The molecule has 2 rings (SSSR count). The number of hydrogen-bond donors (Lipinski definition) is 2. The highest BCUT2D eigenvalue weighted by atomic mass is 16.6. The summed E-state index contributed by atoms with van der Waals surface area (Å²) in [6.07, 6.45) is -0.342. The highest BCUT2D eigenvalue weighted by Gasteiger charge is 2.26. The van der Waals surface area contributed by atoms with Crippen molar-refractivity contribution in [3.8, 4) is 0 Å². The quantitative estimate of drug-likeness (QED) is 0.592. The lowest BCUT2D eigenvalue weighted by atomic mass is 10.2. The van der Waals surface area contributed by atoms with Crippen LogP contribution in [0.2, 0.25) is 0 Å². The average Bonchev–Trinajstić information content (AvgIpc) is 2.37. The number of aliphatic hydroxyl groups excluding tert-OH is 1. The van der Waals surface area contributed by atoms with E-state index in [1.807, 2.05) is 11.8 Å². The van der Waals surface area contributed by atoms with E-state index >= 15 is 0 Å². The molecule has 1 aromatic heterocycles. The van der Waals surface area contributed by atoms with Gasteiger partial charge in [-0.05, 0) is 13.0 Å². The number of morpholine rings is 1. The number of nitrogens with zero attached hydrogens (tertiary/aromatic N) is 3. The molecule has 2 heterocycles. The first-order chi connectivity index (χ1) is 9.01. The van der Waals surface area contributed by atoms with Crippen LogP contribution in [0.4, 0.5) is 17.3 Å². The van der Waals surface area contributed by atoms with E-state index < -0.39 is 4.92 Å². The van der Waals surface area contributed by atoms with Gasteiger partial charge in [-0.2, -0.15) is 0 Å². The van der Waals surface area contributed by atoms with Gasteiger partial charge in [0.1, 0.15) is 5.82 Å². The Morgan fingerprint density at radius 1 is 1.63 bits per heavy atom. The summed E-state index contributed by atoms with van der Waals surface area (Å²) >= 11 is 0. The number of ether oxygens (including phenoxy) is 1. The first kappa shape index (κ1) is 13.5. The normalized spacial score (nSPS) is 23.4. The van der Waals surface area contributed by atoms with Gasteiger partial charge in [-0.15, -0.1) is 0 Å². The maximum absolute atomic E-state index is 10.7. The summed E-state index contributed by atoms with van der Waals surface area (Å²) in [4.78, 5) is 16.1. The lowest BCUT2D eigenvalue weighted by Gasteiger charge is -2.36. The number of aliphatic hydroxyl groups is 1. The van der Waals surface area contributed by atoms with Crippen molar-refractivity contribution in [2.75, 3.05) is 30.3 Å². The van der Waals surface area contributed by atoms with Gasteiger partial charge in [0, 0.05) is 19.2 Å². The zero-order valence-corrected chi connectivity index (χ0v) is 10.5. The molecule has 0 radical (unpaired) electrons. The van der Waals surface area contributed by atoms with Crippen LogP contribution < -0.4 is 10.6 Å². The van der Waals surface area contributed by atoms with Crippen molar-refractivity contribution >= 4 is 17.3 Å². The number of hydrogen-bond acceptors (Lipinski definition) is 7. The maximum atomic E-state index is 10.7.